The summed E-state index contributed by atoms with van der Waals surface area (Å²) in [6, 6.07) is -1.11. The van der Waals surface area contributed by atoms with Gasteiger partial charge in [-0.1, -0.05) is 6.92 Å². The van der Waals surface area contributed by atoms with Crippen LogP contribution < -0.4 is 5.32 Å². The second-order valence-corrected chi connectivity index (χ2v) is 4.19. The van der Waals surface area contributed by atoms with E-state index >= 15 is 0 Å². The molecule has 0 spiro atoms. The lowest BCUT2D eigenvalue weighted by molar-refractivity contribution is -0.145. The van der Waals surface area contributed by atoms with Crippen LogP contribution in [0.3, 0.4) is 0 Å². The molecule has 7 nitrogen and oxygen atoms in total. The highest BCUT2D eigenvalue weighted by Crippen LogP contribution is 2.02. The summed E-state index contributed by atoms with van der Waals surface area (Å²) in [6.07, 6.45) is 0.256. The highest BCUT2D eigenvalue weighted by Gasteiger charge is 2.21. The molecule has 0 unspecified atom stereocenters. The van der Waals surface area contributed by atoms with E-state index in [2.05, 4.69) is 10.1 Å². The van der Waals surface area contributed by atoms with Gasteiger partial charge in [0.25, 0.3) is 0 Å². The highest BCUT2D eigenvalue weighted by molar-refractivity contribution is 5.86. The van der Waals surface area contributed by atoms with E-state index in [4.69, 9.17) is 5.11 Å². The van der Waals surface area contributed by atoms with Crippen molar-refractivity contribution in [1.82, 2.24) is 5.32 Å². The fraction of sp³-hybridized carbons (Fsp3) is 0.692. The van der Waals surface area contributed by atoms with E-state index in [0.717, 1.165) is 0 Å². The summed E-state index contributed by atoms with van der Waals surface area (Å²) in [4.78, 5) is 44.7. The van der Waals surface area contributed by atoms with E-state index in [-0.39, 0.29) is 38.1 Å². The summed E-state index contributed by atoms with van der Waals surface area (Å²) in [5.41, 5.74) is 0. The van der Waals surface area contributed by atoms with Gasteiger partial charge in [0, 0.05) is 19.3 Å². The van der Waals surface area contributed by atoms with Crippen LogP contribution in [-0.2, 0) is 23.9 Å². The van der Waals surface area contributed by atoms with Gasteiger partial charge < -0.3 is 15.2 Å². The van der Waals surface area contributed by atoms with Gasteiger partial charge in [0.1, 0.15) is 11.8 Å². The van der Waals surface area contributed by atoms with E-state index in [1.807, 2.05) is 0 Å². The number of nitrogens with one attached hydrogen (secondary N) is 1. The monoisotopic (exact) mass is 287 g/mol. The summed E-state index contributed by atoms with van der Waals surface area (Å²) >= 11 is 0. The maximum absolute atomic E-state index is 11.5. The number of carboxylic acid groups (broad SMARTS) is 1. The van der Waals surface area contributed by atoms with Crippen LogP contribution in [0.2, 0.25) is 0 Å². The van der Waals surface area contributed by atoms with Crippen LogP contribution in [0.1, 0.15) is 46.0 Å². The minimum atomic E-state index is -1.20. The van der Waals surface area contributed by atoms with Gasteiger partial charge in [0.2, 0.25) is 5.91 Å². The lowest BCUT2D eigenvalue weighted by atomic mass is 10.1. The Morgan fingerprint density at radius 3 is 2.25 bits per heavy atom. The van der Waals surface area contributed by atoms with Crippen molar-refractivity contribution in [2.75, 3.05) is 6.61 Å². The molecular weight excluding hydrogens is 266 g/mol. The maximum atomic E-state index is 11.5. The summed E-state index contributed by atoms with van der Waals surface area (Å²) in [5, 5.41) is 11.2. The van der Waals surface area contributed by atoms with Gasteiger partial charge in [-0.25, -0.2) is 4.79 Å². The van der Waals surface area contributed by atoms with Crippen LogP contribution >= 0.6 is 0 Å². The molecule has 0 aliphatic heterocycles. The van der Waals surface area contributed by atoms with E-state index in [1.54, 1.807) is 13.8 Å². The highest BCUT2D eigenvalue weighted by atomic mass is 16.5. The van der Waals surface area contributed by atoms with Gasteiger partial charge in [-0.15, -0.1) is 0 Å². The first-order chi connectivity index (χ1) is 9.40. The van der Waals surface area contributed by atoms with Gasteiger partial charge in [-0.3, -0.25) is 14.4 Å². The topological polar surface area (TPSA) is 110 Å². The number of hydrogen-bond donors (Lipinski definition) is 2. The number of esters is 1. The minimum absolute atomic E-state index is 0.0488. The third-order valence-corrected chi connectivity index (χ3v) is 2.60. The van der Waals surface area contributed by atoms with E-state index < -0.39 is 23.9 Å². The molecule has 0 aromatic heterocycles. The van der Waals surface area contributed by atoms with Gasteiger partial charge in [0.15, 0.2) is 0 Å². The number of aliphatic carboxylic acids is 1. The fourth-order valence-corrected chi connectivity index (χ4v) is 1.45. The van der Waals surface area contributed by atoms with Crippen molar-refractivity contribution in [2.45, 2.75) is 52.0 Å². The lowest BCUT2D eigenvalue weighted by Gasteiger charge is -2.13. The molecular formula is C13H21NO6. The smallest absolute Gasteiger partial charge is 0.326 e. The molecule has 0 saturated carbocycles. The fourth-order valence-electron chi connectivity index (χ4n) is 1.45. The quantitative estimate of drug-likeness (QED) is 0.571. The Balaban J connectivity index is 4.17. The average Bonchev–Trinajstić information content (AvgIpc) is 2.40. The van der Waals surface area contributed by atoms with Gasteiger partial charge in [0.05, 0.1) is 13.0 Å². The van der Waals surface area contributed by atoms with Crippen LogP contribution in [0.4, 0.5) is 0 Å². The van der Waals surface area contributed by atoms with Gasteiger partial charge in [-0.05, 0) is 13.3 Å². The molecule has 0 aromatic rings. The number of carboxylic acids is 1. The van der Waals surface area contributed by atoms with Crippen LogP contribution in [0, 0.1) is 0 Å². The number of carbonyl (C=O) groups is 4. The van der Waals surface area contributed by atoms with Crippen molar-refractivity contribution in [1.29, 1.82) is 0 Å². The second-order valence-electron chi connectivity index (χ2n) is 4.19. The van der Waals surface area contributed by atoms with Crippen LogP contribution in [-0.4, -0.2) is 41.4 Å². The summed E-state index contributed by atoms with van der Waals surface area (Å²) in [5.74, 6) is -2.31. The normalized spacial score (nSPS) is 11.5. The zero-order chi connectivity index (χ0) is 15.5. The molecule has 2 N–H and O–H groups in total. The third-order valence-electron chi connectivity index (χ3n) is 2.60. The summed E-state index contributed by atoms with van der Waals surface area (Å²) < 4.78 is 4.66. The first-order valence-corrected chi connectivity index (χ1v) is 6.60. The van der Waals surface area contributed by atoms with Crippen LogP contribution in [0.5, 0.6) is 0 Å². The zero-order valence-corrected chi connectivity index (χ0v) is 11.8. The Morgan fingerprint density at radius 1 is 1.10 bits per heavy atom. The molecule has 7 heteroatoms. The number of amides is 1. The Kier molecular flexibility index (Phi) is 8.98. The Labute approximate surface area is 117 Å². The Hall–Kier alpha value is -1.92. The van der Waals surface area contributed by atoms with Crippen molar-refractivity contribution in [2.24, 2.45) is 0 Å². The molecule has 0 fully saturated rings. The first-order valence-electron chi connectivity index (χ1n) is 6.60. The molecule has 0 bridgehead atoms. The van der Waals surface area contributed by atoms with E-state index in [0.29, 0.717) is 6.42 Å². The molecule has 0 aliphatic carbocycles. The molecule has 0 aliphatic rings. The number of Topliss-reactive ketones (excluding diaryl/α,β-unsaturated/α-hetero) is 1. The average molecular weight is 287 g/mol. The van der Waals surface area contributed by atoms with Crippen molar-refractivity contribution in [3.8, 4) is 0 Å². The molecule has 114 valence electrons. The molecule has 0 heterocycles. The predicted molar refractivity (Wildman–Crippen MR) is 70.0 cm³/mol. The molecule has 1 amide bonds. The van der Waals surface area contributed by atoms with Gasteiger partial charge in [-0.2, -0.15) is 0 Å². The van der Waals surface area contributed by atoms with Crippen LogP contribution in [0.15, 0.2) is 0 Å². The zero-order valence-electron chi connectivity index (χ0n) is 11.8. The largest absolute Gasteiger partial charge is 0.480 e. The standard InChI is InChI=1S/C13H21NO6/c1-3-9(15)5-6-10(13(18)19)14-11(16)7-8-12(17)20-4-2/h10H,3-8H2,1-2H3,(H,14,16)(H,18,19)/t10-/m0/s1. The van der Waals surface area contributed by atoms with Crippen molar-refractivity contribution in [3.63, 3.8) is 0 Å². The number of rotatable bonds is 10. The maximum Gasteiger partial charge on any atom is 0.326 e. The number of ketones is 1. The summed E-state index contributed by atoms with van der Waals surface area (Å²) in [7, 11) is 0. The molecule has 0 aromatic carbocycles. The van der Waals surface area contributed by atoms with E-state index in [1.165, 1.54) is 0 Å². The summed E-state index contributed by atoms with van der Waals surface area (Å²) in [6.45, 7) is 3.58. The lowest BCUT2D eigenvalue weighted by Crippen LogP contribution is -2.41. The molecule has 20 heavy (non-hydrogen) atoms. The first kappa shape index (κ1) is 18.1. The minimum Gasteiger partial charge on any atom is -0.480 e. The third kappa shape index (κ3) is 8.23. The van der Waals surface area contributed by atoms with Crippen molar-refractivity contribution < 1.29 is 29.0 Å². The molecule has 0 saturated heterocycles. The second kappa shape index (κ2) is 9.94. The predicted octanol–water partition coefficient (Wildman–Crippen LogP) is 0.658. The molecule has 1 atom stereocenters. The van der Waals surface area contributed by atoms with Crippen molar-refractivity contribution >= 4 is 23.6 Å². The number of ether oxygens (including phenoxy) is 1. The number of hydrogen-bond acceptors (Lipinski definition) is 5. The van der Waals surface area contributed by atoms with E-state index in [9.17, 15) is 19.2 Å². The van der Waals surface area contributed by atoms with Gasteiger partial charge >= 0.3 is 11.9 Å². The molecule has 0 rings (SSSR count). The Morgan fingerprint density at radius 2 is 1.75 bits per heavy atom. The van der Waals surface area contributed by atoms with Crippen LogP contribution in [0.25, 0.3) is 0 Å². The van der Waals surface area contributed by atoms with Crippen molar-refractivity contribution in [3.05, 3.63) is 0 Å². The molecule has 0 radical (unpaired) electrons. The Bertz CT molecular complexity index is 366. The number of carbonyl (C=O) groups excluding carboxylic acids is 3. The SMILES string of the molecule is CCOC(=O)CCC(=O)N[C@@H](CCC(=O)CC)C(=O)O.